The number of hydrogen-bond acceptors (Lipinski definition) is 5. The number of fused-ring (bicyclic) bond motifs is 1. The van der Waals surface area contributed by atoms with Crippen LogP contribution in [-0.4, -0.2) is 47.1 Å². The summed E-state index contributed by atoms with van der Waals surface area (Å²) in [6.45, 7) is 4.54. The fourth-order valence-electron chi connectivity index (χ4n) is 3.27. The van der Waals surface area contributed by atoms with Crippen LogP contribution in [0.3, 0.4) is 0 Å². The SMILES string of the molecule is C[C@H](NC(=O)N1CCN(c2ncnc3cc(Br)sc23)CC1)c1ccc(F)cc1. The minimum Gasteiger partial charge on any atom is -0.352 e. The molecule has 1 N–H and O–H groups in total. The van der Waals surface area contributed by atoms with Gasteiger partial charge in [-0.3, -0.25) is 0 Å². The van der Waals surface area contributed by atoms with Crippen molar-refractivity contribution in [3.8, 4) is 0 Å². The van der Waals surface area contributed by atoms with Crippen LogP contribution in [0, 0.1) is 5.82 Å². The molecule has 6 nitrogen and oxygen atoms in total. The Morgan fingerprint density at radius 2 is 1.93 bits per heavy atom. The fourth-order valence-corrected chi connectivity index (χ4v) is 4.83. The molecule has 2 aromatic heterocycles. The highest BCUT2D eigenvalue weighted by molar-refractivity contribution is 9.11. The molecule has 0 bridgehead atoms. The molecule has 0 unspecified atom stereocenters. The lowest BCUT2D eigenvalue weighted by molar-refractivity contribution is 0.191. The zero-order chi connectivity index (χ0) is 19.7. The van der Waals surface area contributed by atoms with E-state index < -0.39 is 0 Å². The van der Waals surface area contributed by atoms with E-state index in [0.29, 0.717) is 26.2 Å². The van der Waals surface area contributed by atoms with Crippen LogP contribution in [0.2, 0.25) is 0 Å². The van der Waals surface area contributed by atoms with Crippen molar-refractivity contribution < 1.29 is 9.18 Å². The molecule has 0 saturated carbocycles. The lowest BCUT2D eigenvalue weighted by Gasteiger charge is -2.36. The summed E-state index contributed by atoms with van der Waals surface area (Å²) in [5.41, 5.74) is 1.80. The Balaban J connectivity index is 1.38. The number of aromatic nitrogens is 2. The third-order valence-electron chi connectivity index (χ3n) is 4.84. The summed E-state index contributed by atoms with van der Waals surface area (Å²) in [5.74, 6) is 0.635. The summed E-state index contributed by atoms with van der Waals surface area (Å²) in [7, 11) is 0. The van der Waals surface area contributed by atoms with Crippen LogP contribution in [-0.2, 0) is 0 Å². The Hall–Kier alpha value is -2.26. The third kappa shape index (κ3) is 3.95. The molecule has 1 aromatic carbocycles. The van der Waals surface area contributed by atoms with Crippen LogP contribution >= 0.6 is 27.3 Å². The first-order valence-electron chi connectivity index (χ1n) is 8.97. The summed E-state index contributed by atoms with van der Waals surface area (Å²) in [6.07, 6.45) is 1.58. The summed E-state index contributed by atoms with van der Waals surface area (Å²) in [4.78, 5) is 25.4. The predicted molar refractivity (Wildman–Crippen MR) is 112 cm³/mol. The highest BCUT2D eigenvalue weighted by Gasteiger charge is 2.24. The topological polar surface area (TPSA) is 61.4 Å². The van der Waals surface area contributed by atoms with Crippen LogP contribution in [0.4, 0.5) is 15.0 Å². The van der Waals surface area contributed by atoms with Gasteiger partial charge in [0, 0.05) is 26.2 Å². The van der Waals surface area contributed by atoms with Gasteiger partial charge in [-0.25, -0.2) is 19.2 Å². The number of thiophene rings is 1. The maximum absolute atomic E-state index is 13.1. The van der Waals surface area contributed by atoms with Gasteiger partial charge in [-0.15, -0.1) is 11.3 Å². The number of nitrogens with zero attached hydrogens (tertiary/aromatic N) is 4. The molecule has 3 heterocycles. The molecule has 4 rings (SSSR count). The zero-order valence-electron chi connectivity index (χ0n) is 15.2. The molecule has 9 heteroatoms. The number of carbonyl (C=O) groups is 1. The van der Waals surface area contributed by atoms with Gasteiger partial charge in [-0.05, 0) is 46.6 Å². The second-order valence-corrected chi connectivity index (χ2v) is 9.09. The molecule has 1 saturated heterocycles. The Bertz CT molecular complexity index is 988. The van der Waals surface area contributed by atoms with Crippen molar-refractivity contribution in [2.75, 3.05) is 31.1 Å². The van der Waals surface area contributed by atoms with Gasteiger partial charge in [-0.2, -0.15) is 0 Å². The highest BCUT2D eigenvalue weighted by Crippen LogP contribution is 2.34. The van der Waals surface area contributed by atoms with Crippen LogP contribution in [0.15, 0.2) is 40.4 Å². The van der Waals surface area contributed by atoms with E-state index in [9.17, 15) is 9.18 Å². The van der Waals surface area contributed by atoms with Crippen molar-refractivity contribution in [3.63, 3.8) is 0 Å². The Morgan fingerprint density at radius 1 is 1.21 bits per heavy atom. The van der Waals surface area contributed by atoms with E-state index in [0.717, 1.165) is 25.4 Å². The number of benzene rings is 1. The minimum absolute atomic E-state index is 0.108. The summed E-state index contributed by atoms with van der Waals surface area (Å²) < 4.78 is 15.1. The average molecular weight is 464 g/mol. The number of halogens is 2. The van der Waals surface area contributed by atoms with Crippen LogP contribution in [0.1, 0.15) is 18.5 Å². The van der Waals surface area contributed by atoms with Crippen molar-refractivity contribution in [1.29, 1.82) is 0 Å². The lowest BCUT2D eigenvalue weighted by atomic mass is 10.1. The van der Waals surface area contributed by atoms with Gasteiger partial charge in [0.15, 0.2) is 0 Å². The molecule has 0 aliphatic carbocycles. The maximum Gasteiger partial charge on any atom is 0.317 e. The summed E-state index contributed by atoms with van der Waals surface area (Å²) in [5, 5.41) is 2.99. The number of nitrogens with one attached hydrogen (secondary N) is 1. The zero-order valence-corrected chi connectivity index (χ0v) is 17.6. The second kappa shape index (κ2) is 8.00. The number of urea groups is 1. The number of amides is 2. The number of piperazine rings is 1. The molecule has 2 amide bonds. The standard InChI is InChI=1S/C19H19BrFN5OS/c1-12(13-2-4-14(21)5-3-13)24-19(27)26-8-6-25(7-9-26)18-17-15(22-11-23-18)10-16(20)28-17/h2-5,10-12H,6-9H2,1H3,(H,24,27)/t12-/m0/s1. The van der Waals surface area contributed by atoms with Crippen molar-refractivity contribution in [1.82, 2.24) is 20.2 Å². The molecule has 28 heavy (non-hydrogen) atoms. The van der Waals surface area contributed by atoms with Crippen molar-refractivity contribution in [3.05, 3.63) is 51.8 Å². The molecular formula is C19H19BrFN5OS. The minimum atomic E-state index is -0.282. The first-order chi connectivity index (χ1) is 13.5. The van der Waals surface area contributed by atoms with Crippen LogP contribution < -0.4 is 10.2 Å². The average Bonchev–Trinajstić information content (AvgIpc) is 3.08. The maximum atomic E-state index is 13.1. The lowest BCUT2D eigenvalue weighted by Crippen LogP contribution is -2.52. The molecule has 1 aliphatic rings. The molecule has 146 valence electrons. The first kappa shape index (κ1) is 19.1. The summed E-state index contributed by atoms with van der Waals surface area (Å²) in [6, 6.07) is 7.89. The molecule has 0 spiro atoms. The number of rotatable bonds is 3. The summed E-state index contributed by atoms with van der Waals surface area (Å²) >= 11 is 5.12. The van der Waals surface area contributed by atoms with Gasteiger partial charge in [0.05, 0.1) is 20.0 Å². The molecular weight excluding hydrogens is 445 g/mol. The van der Waals surface area contributed by atoms with Gasteiger partial charge in [0.1, 0.15) is 18.0 Å². The van der Waals surface area contributed by atoms with Crippen LogP contribution in [0.25, 0.3) is 10.2 Å². The van der Waals surface area contributed by atoms with E-state index in [1.54, 1.807) is 34.7 Å². The normalized spacial score (nSPS) is 15.7. The van der Waals surface area contributed by atoms with E-state index in [-0.39, 0.29) is 17.9 Å². The van der Waals surface area contributed by atoms with Crippen LogP contribution in [0.5, 0.6) is 0 Å². The quantitative estimate of drug-likeness (QED) is 0.632. The first-order valence-corrected chi connectivity index (χ1v) is 10.6. The molecule has 1 atom stereocenters. The van der Waals surface area contributed by atoms with Gasteiger partial charge < -0.3 is 15.1 Å². The van der Waals surface area contributed by atoms with Gasteiger partial charge in [-0.1, -0.05) is 12.1 Å². The monoisotopic (exact) mass is 463 g/mol. The third-order valence-corrected chi connectivity index (χ3v) is 6.46. The van der Waals surface area contributed by atoms with Crippen molar-refractivity contribution >= 4 is 49.3 Å². The van der Waals surface area contributed by atoms with E-state index in [1.165, 1.54) is 12.1 Å². The number of carbonyl (C=O) groups excluding carboxylic acids is 1. The van der Waals surface area contributed by atoms with Crippen molar-refractivity contribution in [2.24, 2.45) is 0 Å². The van der Waals surface area contributed by atoms with E-state index in [4.69, 9.17) is 0 Å². The van der Waals surface area contributed by atoms with Crippen molar-refractivity contribution in [2.45, 2.75) is 13.0 Å². The Labute approximate surface area is 174 Å². The predicted octanol–water partition coefficient (Wildman–Crippen LogP) is 4.19. The highest BCUT2D eigenvalue weighted by atomic mass is 79.9. The fraction of sp³-hybridized carbons (Fsp3) is 0.316. The van der Waals surface area contributed by atoms with E-state index in [1.807, 2.05) is 13.0 Å². The molecule has 0 radical (unpaired) electrons. The van der Waals surface area contributed by atoms with E-state index >= 15 is 0 Å². The van der Waals surface area contributed by atoms with Gasteiger partial charge >= 0.3 is 6.03 Å². The Morgan fingerprint density at radius 3 is 2.64 bits per heavy atom. The molecule has 1 fully saturated rings. The Kier molecular flexibility index (Phi) is 5.45. The van der Waals surface area contributed by atoms with Gasteiger partial charge in [0.25, 0.3) is 0 Å². The number of hydrogen-bond donors (Lipinski definition) is 1. The second-order valence-electron chi connectivity index (χ2n) is 6.66. The largest absolute Gasteiger partial charge is 0.352 e. The smallest absolute Gasteiger partial charge is 0.317 e. The van der Waals surface area contributed by atoms with E-state index in [2.05, 4.69) is 36.1 Å². The molecule has 3 aromatic rings. The van der Waals surface area contributed by atoms with Gasteiger partial charge in [0.2, 0.25) is 0 Å². The number of anilines is 1. The molecule has 1 aliphatic heterocycles.